The zero-order valence-electron chi connectivity index (χ0n) is 23.6. The Morgan fingerprint density at radius 3 is 1.28 bits per heavy atom. The lowest BCUT2D eigenvalue weighted by Gasteiger charge is -2.12. The zero-order valence-corrected chi connectivity index (χ0v) is 26.1. The maximum Gasteiger partial charge on any atom is 0.288 e. The molecule has 224 valence electrons. The first-order chi connectivity index (χ1) is 20.4. The number of nitrogens with one attached hydrogen (secondary N) is 1. The molecule has 0 radical (unpaired) electrons. The predicted octanol–water partition coefficient (Wildman–Crippen LogP) is 4.86. The third kappa shape index (κ3) is 11.6. The summed E-state index contributed by atoms with van der Waals surface area (Å²) in [5, 5.41) is 2.58. The molecule has 43 heavy (non-hydrogen) atoms. The van der Waals surface area contributed by atoms with E-state index in [-0.39, 0.29) is 11.7 Å². The Hall–Kier alpha value is -4.73. The molecule has 0 bridgehead atoms. The fraction of sp³-hybridized carbons (Fsp3) is 0.179. The van der Waals surface area contributed by atoms with Crippen LogP contribution in [-0.2, 0) is 42.1 Å². The Kier molecular flexibility index (Phi) is 15.7. The van der Waals surface area contributed by atoms with E-state index in [1.165, 1.54) is 59.4 Å². The van der Waals surface area contributed by atoms with E-state index in [1.807, 2.05) is 0 Å². The van der Waals surface area contributed by atoms with Crippen molar-refractivity contribution in [3.63, 3.8) is 0 Å². The second kappa shape index (κ2) is 18.7. The largest absolute Gasteiger partial charge is 0.493 e. The lowest BCUT2D eigenvalue weighted by Crippen LogP contribution is -2.05. The lowest BCUT2D eigenvalue weighted by molar-refractivity contribution is -0.114. The summed E-state index contributed by atoms with van der Waals surface area (Å²) in [4.78, 5) is 54.8. The Labute approximate surface area is 263 Å². The summed E-state index contributed by atoms with van der Waals surface area (Å²) in [5.41, 5.74) is 2.32. The lowest BCUT2D eigenvalue weighted by atomic mass is 10.1. The molecule has 4 amide bonds. The van der Waals surface area contributed by atoms with Gasteiger partial charge in [0, 0.05) is 66.6 Å². The van der Waals surface area contributed by atoms with Crippen LogP contribution in [-0.4, -0.2) is 50.7 Å². The van der Waals surface area contributed by atoms with Crippen molar-refractivity contribution in [2.24, 2.45) is 13.1 Å². The van der Waals surface area contributed by atoms with Crippen molar-refractivity contribution >= 4 is 72.4 Å². The van der Waals surface area contributed by atoms with Gasteiger partial charge >= 0.3 is 0 Å². The molecule has 0 saturated carbocycles. The quantitative estimate of drug-likeness (QED) is 0.334. The van der Waals surface area contributed by atoms with Crippen LogP contribution in [0.15, 0.2) is 73.8 Å². The number of ether oxygens (including phenoxy) is 3. The number of ketones is 1. The highest BCUT2D eigenvalue weighted by atomic mass is 32.1. The molecule has 15 heteroatoms. The number of amides is 4. The number of carbonyl (C=O) groups is 5. The van der Waals surface area contributed by atoms with Crippen LogP contribution in [0.1, 0.15) is 55.3 Å². The summed E-state index contributed by atoms with van der Waals surface area (Å²) in [5.74, 6) is -0.404. The number of rotatable bonds is 8. The fourth-order valence-corrected chi connectivity index (χ4v) is 3.43. The van der Waals surface area contributed by atoms with E-state index >= 15 is 0 Å². The molecule has 0 aliphatic rings. The van der Waals surface area contributed by atoms with E-state index in [2.05, 4.69) is 55.7 Å². The first-order valence-electron chi connectivity index (χ1n) is 11.9. The maximum atomic E-state index is 11.3. The second-order valence-electron chi connectivity index (χ2n) is 8.00. The number of methoxy groups -OCH3 is 3. The van der Waals surface area contributed by atoms with E-state index in [9.17, 15) is 24.0 Å². The maximum absolute atomic E-state index is 11.3. The van der Waals surface area contributed by atoms with Crippen molar-refractivity contribution in [1.29, 1.82) is 0 Å². The average Bonchev–Trinajstić information content (AvgIpc) is 3.03. The topological polar surface area (TPSA) is 162 Å². The minimum Gasteiger partial charge on any atom is -0.493 e. The molecule has 0 saturated heterocycles. The average molecular weight is 643 g/mol. The highest BCUT2D eigenvalue weighted by Gasteiger charge is 2.16. The predicted molar refractivity (Wildman–Crippen MR) is 166 cm³/mol. The van der Waals surface area contributed by atoms with E-state index in [4.69, 9.17) is 14.2 Å². The molecule has 3 aromatic rings. The van der Waals surface area contributed by atoms with Crippen molar-refractivity contribution in [1.82, 2.24) is 0 Å². The van der Waals surface area contributed by atoms with Gasteiger partial charge in [-0.05, 0) is 55.5 Å². The fourth-order valence-electron chi connectivity index (χ4n) is 3.11. The molecule has 0 atom stereocenters. The van der Waals surface area contributed by atoms with Crippen LogP contribution in [0.2, 0.25) is 0 Å². The number of anilines is 1. The van der Waals surface area contributed by atoms with Gasteiger partial charge in [0.25, 0.3) is 17.7 Å². The number of benzene rings is 3. The summed E-state index contributed by atoms with van der Waals surface area (Å²) in [6.45, 7) is 2.88. The van der Waals surface area contributed by atoms with Gasteiger partial charge in [0.05, 0.1) is 26.9 Å². The molecular formula is C28H26N4O8S3. The smallest absolute Gasteiger partial charge is 0.288 e. The molecule has 0 aromatic heterocycles. The normalized spacial score (nSPS) is 9.33. The van der Waals surface area contributed by atoms with Crippen LogP contribution in [0.4, 0.5) is 5.69 Å². The first-order valence-corrected chi connectivity index (χ1v) is 13.0. The zero-order chi connectivity index (χ0) is 32.5. The van der Waals surface area contributed by atoms with Crippen LogP contribution in [0, 0.1) is 0 Å². The second-order valence-corrected chi connectivity index (χ2v) is 8.54. The highest BCUT2D eigenvalue weighted by Crippen LogP contribution is 2.38. The number of carbonyl (C=O) groups excluding carboxylic acids is 5. The van der Waals surface area contributed by atoms with Crippen molar-refractivity contribution < 1.29 is 38.2 Å². The van der Waals surface area contributed by atoms with Crippen LogP contribution < -0.4 is 19.5 Å². The number of Topliss-reactive ketones (excluding diaryl/α,β-unsaturated/α-hetero) is 1. The van der Waals surface area contributed by atoms with Crippen LogP contribution in [0.25, 0.3) is 0 Å². The third-order valence-electron chi connectivity index (χ3n) is 5.15. The van der Waals surface area contributed by atoms with E-state index in [0.717, 1.165) is 0 Å². The van der Waals surface area contributed by atoms with Crippen molar-refractivity contribution in [3.8, 4) is 17.2 Å². The summed E-state index contributed by atoms with van der Waals surface area (Å²) in [6, 6.07) is 15.6. The minimum atomic E-state index is -0.519. The van der Waals surface area contributed by atoms with Crippen LogP contribution in [0.5, 0.6) is 17.2 Å². The number of hydrogen-bond donors (Lipinski definition) is 1. The molecule has 1 N–H and O–H groups in total. The van der Waals surface area contributed by atoms with Gasteiger partial charge in [-0.2, -0.15) is 0 Å². The molecule has 0 aliphatic carbocycles. The van der Waals surface area contributed by atoms with Gasteiger partial charge in [-0.3, -0.25) is 24.0 Å². The summed E-state index contributed by atoms with van der Waals surface area (Å²) in [7, 11) is 4.42. The first kappa shape index (κ1) is 36.3. The van der Waals surface area contributed by atoms with Crippen molar-refractivity contribution in [2.45, 2.75) is 13.8 Å². The Morgan fingerprint density at radius 2 is 0.953 bits per heavy atom. The molecule has 0 unspecified atom stereocenters. The third-order valence-corrected chi connectivity index (χ3v) is 5.65. The molecule has 0 spiro atoms. The van der Waals surface area contributed by atoms with E-state index in [0.29, 0.717) is 45.2 Å². The Balaban J connectivity index is 0.000000324. The van der Waals surface area contributed by atoms with E-state index in [1.54, 1.807) is 36.4 Å². The van der Waals surface area contributed by atoms with Gasteiger partial charge < -0.3 is 19.5 Å². The van der Waals surface area contributed by atoms with Gasteiger partial charge in [0.1, 0.15) is 0 Å². The Morgan fingerprint density at radius 1 is 0.581 bits per heavy atom. The van der Waals surface area contributed by atoms with Gasteiger partial charge in [-0.15, -0.1) is 13.1 Å². The summed E-state index contributed by atoms with van der Waals surface area (Å²) >= 11 is 12.9. The molecule has 0 fully saturated rings. The van der Waals surface area contributed by atoms with Crippen LogP contribution >= 0.6 is 0 Å². The van der Waals surface area contributed by atoms with Gasteiger partial charge in [0.15, 0.2) is 17.3 Å². The molecular weight excluding hydrogens is 617 g/mol. The molecule has 12 nitrogen and oxygen atoms in total. The minimum absolute atomic E-state index is 0.0330. The highest BCUT2D eigenvalue weighted by molar-refractivity contribution is 7.48. The SMILES string of the molecule is CC(=O)Nc1ccc(C(=O)N=S)cc1.CC(=O)c1ccc(C(=O)N=S)cc1.COc1cc(C(=O)N=S)cc(OC)c1OC. The standard InChI is InChI=1S/C10H11NO4S.C9H8N2O2S.C9H7NO2S/c1-13-7-4-6(10(12)11-16)5-8(14-2)9(7)15-3;1-6(12)10-8-4-2-7(3-5-8)9(13)11-14;1-6(11)7-2-4-8(5-3-7)9(12)10-13/h4-5H,1-3H3;2-5H,1H3,(H,10,12);2-5H,1H3. The van der Waals surface area contributed by atoms with Gasteiger partial charge in [-0.25, -0.2) is 0 Å². The van der Waals surface area contributed by atoms with Crippen molar-refractivity contribution in [2.75, 3.05) is 26.6 Å². The Bertz CT molecular complexity index is 1490. The van der Waals surface area contributed by atoms with Gasteiger partial charge in [-0.1, -0.05) is 12.1 Å². The van der Waals surface area contributed by atoms with Gasteiger partial charge in [0.2, 0.25) is 11.7 Å². The summed E-state index contributed by atoms with van der Waals surface area (Å²) < 4.78 is 24.6. The molecule has 3 rings (SSSR count). The number of nitrogens with zero attached hydrogens (tertiary/aromatic N) is 3. The molecule has 0 aliphatic heterocycles. The van der Waals surface area contributed by atoms with E-state index < -0.39 is 17.7 Å². The monoisotopic (exact) mass is 642 g/mol. The molecule has 0 heterocycles. The summed E-state index contributed by atoms with van der Waals surface area (Å²) in [6.07, 6.45) is 0. The number of hydrogen-bond acceptors (Lipinski definition) is 11. The van der Waals surface area contributed by atoms with Crippen molar-refractivity contribution in [3.05, 3.63) is 82.9 Å². The van der Waals surface area contributed by atoms with Crippen LogP contribution in [0.3, 0.4) is 0 Å². The molecule has 3 aromatic carbocycles.